The van der Waals surface area contributed by atoms with Crippen molar-refractivity contribution < 1.29 is 18.9 Å². The lowest BCUT2D eigenvalue weighted by atomic mass is 10.1. The summed E-state index contributed by atoms with van der Waals surface area (Å²) in [6, 6.07) is 5.56. The Morgan fingerprint density at radius 3 is 2.71 bits per heavy atom. The number of rotatable bonds is 8. The lowest BCUT2D eigenvalue weighted by Crippen LogP contribution is -2.32. The molecule has 2 rings (SSSR count). The second-order valence-electron chi connectivity index (χ2n) is 6.12. The number of hydrogen-bond acceptors (Lipinski definition) is 3. The van der Waals surface area contributed by atoms with Crippen LogP contribution in [-0.4, -0.2) is 38.8 Å². The van der Waals surface area contributed by atoms with E-state index in [4.69, 9.17) is 14.3 Å². The number of nitrogens with one attached hydrogen (secondary N) is 1. The SMILES string of the molecule is C=CCN(CCc1c(C)[nH]c2cccc(OP(=O)(O)O)c12)C(C)C. The molecule has 0 saturated heterocycles. The number of phosphoric acid groups is 1. The van der Waals surface area contributed by atoms with Crippen molar-refractivity contribution in [2.75, 3.05) is 13.1 Å². The smallest absolute Gasteiger partial charge is 0.404 e. The number of aromatic nitrogens is 1. The van der Waals surface area contributed by atoms with Crippen molar-refractivity contribution >= 4 is 18.7 Å². The van der Waals surface area contributed by atoms with Gasteiger partial charge in [0, 0.05) is 35.7 Å². The summed E-state index contributed by atoms with van der Waals surface area (Å²) in [5.74, 6) is 0.208. The minimum atomic E-state index is -4.60. The molecule has 2 aromatic rings. The molecular formula is C17H25N2O4P. The third-order valence-electron chi connectivity index (χ3n) is 4.06. The van der Waals surface area contributed by atoms with Crippen LogP contribution in [0.4, 0.5) is 0 Å². The number of fused-ring (bicyclic) bond motifs is 1. The monoisotopic (exact) mass is 352 g/mol. The molecule has 0 atom stereocenters. The summed E-state index contributed by atoms with van der Waals surface area (Å²) in [5.41, 5.74) is 2.81. The van der Waals surface area contributed by atoms with Gasteiger partial charge in [-0.15, -0.1) is 6.58 Å². The highest BCUT2D eigenvalue weighted by Gasteiger charge is 2.21. The first-order valence-corrected chi connectivity index (χ1v) is 9.46. The average molecular weight is 352 g/mol. The van der Waals surface area contributed by atoms with E-state index in [0.717, 1.165) is 41.7 Å². The Balaban J connectivity index is 2.37. The first kappa shape index (κ1) is 18.7. The predicted molar refractivity (Wildman–Crippen MR) is 96.3 cm³/mol. The molecule has 7 heteroatoms. The van der Waals surface area contributed by atoms with Crippen LogP contribution in [0.1, 0.15) is 25.1 Å². The molecule has 0 bridgehead atoms. The van der Waals surface area contributed by atoms with Crippen LogP contribution < -0.4 is 4.52 Å². The molecule has 24 heavy (non-hydrogen) atoms. The maximum absolute atomic E-state index is 11.2. The molecule has 1 aromatic heterocycles. The number of hydrogen-bond donors (Lipinski definition) is 3. The van der Waals surface area contributed by atoms with E-state index in [9.17, 15) is 4.57 Å². The van der Waals surface area contributed by atoms with Crippen LogP contribution in [0.5, 0.6) is 5.75 Å². The van der Waals surface area contributed by atoms with Gasteiger partial charge in [0.2, 0.25) is 0 Å². The van der Waals surface area contributed by atoms with Gasteiger partial charge in [-0.05, 0) is 44.9 Å². The molecule has 0 aliphatic heterocycles. The predicted octanol–water partition coefficient (Wildman–Crippen LogP) is 3.39. The fraction of sp³-hybridized carbons (Fsp3) is 0.412. The van der Waals surface area contributed by atoms with Crippen LogP contribution in [-0.2, 0) is 11.0 Å². The van der Waals surface area contributed by atoms with E-state index in [1.165, 1.54) is 0 Å². The zero-order valence-electron chi connectivity index (χ0n) is 14.3. The number of benzene rings is 1. The summed E-state index contributed by atoms with van der Waals surface area (Å²) >= 11 is 0. The van der Waals surface area contributed by atoms with Crippen molar-refractivity contribution in [3.05, 3.63) is 42.1 Å². The van der Waals surface area contributed by atoms with Gasteiger partial charge in [-0.25, -0.2) is 4.57 Å². The molecule has 0 aliphatic carbocycles. The van der Waals surface area contributed by atoms with Gasteiger partial charge >= 0.3 is 7.82 Å². The van der Waals surface area contributed by atoms with Gasteiger partial charge in [0.25, 0.3) is 0 Å². The molecule has 1 heterocycles. The molecule has 0 radical (unpaired) electrons. The van der Waals surface area contributed by atoms with Crippen LogP contribution in [0.2, 0.25) is 0 Å². The normalized spacial score (nSPS) is 12.3. The molecule has 0 saturated carbocycles. The first-order chi connectivity index (χ1) is 11.2. The zero-order chi connectivity index (χ0) is 17.9. The van der Waals surface area contributed by atoms with Crippen LogP contribution in [0, 0.1) is 6.92 Å². The molecular weight excluding hydrogens is 327 g/mol. The second kappa shape index (κ2) is 7.53. The van der Waals surface area contributed by atoms with E-state index in [1.807, 2.05) is 19.1 Å². The standard InChI is InChI=1S/C17H25N2O4P/c1-5-10-19(12(2)3)11-9-14-13(4)18-15-7-6-8-16(17(14)15)23-24(20,21)22/h5-8,12,18H,1,9-11H2,2-4H3,(H2,20,21,22). The highest BCUT2D eigenvalue weighted by Crippen LogP contribution is 2.42. The number of nitrogens with zero attached hydrogens (tertiary/aromatic N) is 1. The minimum absolute atomic E-state index is 0.208. The van der Waals surface area contributed by atoms with Crippen LogP contribution in [0.25, 0.3) is 10.9 Å². The molecule has 0 spiro atoms. The Bertz CT molecular complexity index is 763. The van der Waals surface area contributed by atoms with Crippen molar-refractivity contribution in [1.29, 1.82) is 0 Å². The van der Waals surface area contributed by atoms with E-state index in [2.05, 4.69) is 30.3 Å². The minimum Gasteiger partial charge on any atom is -0.404 e. The number of phosphoric ester groups is 1. The van der Waals surface area contributed by atoms with Gasteiger partial charge in [-0.3, -0.25) is 14.7 Å². The topological polar surface area (TPSA) is 85.8 Å². The number of aryl methyl sites for hydroxylation is 1. The summed E-state index contributed by atoms with van der Waals surface area (Å²) in [5, 5.41) is 0.737. The highest BCUT2D eigenvalue weighted by atomic mass is 31.2. The van der Waals surface area contributed by atoms with Crippen LogP contribution >= 0.6 is 7.82 Å². The average Bonchev–Trinajstić information content (AvgIpc) is 2.78. The number of aromatic amines is 1. The third-order valence-corrected chi connectivity index (χ3v) is 4.50. The lowest BCUT2D eigenvalue weighted by molar-refractivity contribution is 0.249. The Hall–Kier alpha value is -1.59. The Morgan fingerprint density at radius 2 is 2.12 bits per heavy atom. The van der Waals surface area contributed by atoms with Gasteiger partial charge in [0.15, 0.2) is 0 Å². The summed E-state index contributed by atoms with van der Waals surface area (Å²) < 4.78 is 16.1. The van der Waals surface area contributed by atoms with Gasteiger partial charge < -0.3 is 9.51 Å². The van der Waals surface area contributed by atoms with E-state index in [-0.39, 0.29) is 5.75 Å². The molecule has 1 aromatic carbocycles. The maximum atomic E-state index is 11.2. The Labute approximate surface area is 142 Å². The van der Waals surface area contributed by atoms with E-state index in [0.29, 0.717) is 6.04 Å². The fourth-order valence-corrected chi connectivity index (χ4v) is 3.32. The largest absolute Gasteiger partial charge is 0.524 e. The molecule has 3 N–H and O–H groups in total. The number of H-pyrrole nitrogens is 1. The Morgan fingerprint density at radius 1 is 1.42 bits per heavy atom. The quantitative estimate of drug-likeness (QED) is 0.501. The lowest BCUT2D eigenvalue weighted by Gasteiger charge is -2.25. The van der Waals surface area contributed by atoms with Crippen molar-refractivity contribution in [3.63, 3.8) is 0 Å². The Kier molecular flexibility index (Phi) is 5.88. The zero-order valence-corrected chi connectivity index (χ0v) is 15.2. The molecule has 6 nitrogen and oxygen atoms in total. The first-order valence-electron chi connectivity index (χ1n) is 7.93. The summed E-state index contributed by atoms with van der Waals surface area (Å²) in [6.45, 7) is 11.6. The second-order valence-corrected chi connectivity index (χ2v) is 7.28. The maximum Gasteiger partial charge on any atom is 0.524 e. The molecule has 0 aliphatic rings. The van der Waals surface area contributed by atoms with Crippen molar-refractivity contribution in [1.82, 2.24) is 9.88 Å². The van der Waals surface area contributed by atoms with Gasteiger partial charge in [-0.2, -0.15) is 0 Å². The van der Waals surface area contributed by atoms with Gasteiger partial charge in [0.05, 0.1) is 0 Å². The van der Waals surface area contributed by atoms with Crippen molar-refractivity contribution in [3.8, 4) is 5.75 Å². The van der Waals surface area contributed by atoms with Gasteiger partial charge in [-0.1, -0.05) is 12.1 Å². The molecule has 0 fully saturated rings. The fourth-order valence-electron chi connectivity index (χ4n) is 2.91. The van der Waals surface area contributed by atoms with Crippen LogP contribution in [0.15, 0.2) is 30.9 Å². The van der Waals surface area contributed by atoms with Gasteiger partial charge in [0.1, 0.15) is 5.75 Å². The molecule has 132 valence electrons. The van der Waals surface area contributed by atoms with Crippen LogP contribution in [0.3, 0.4) is 0 Å². The third kappa shape index (κ3) is 4.48. The molecule has 0 unspecified atom stereocenters. The van der Waals surface area contributed by atoms with E-state index < -0.39 is 7.82 Å². The summed E-state index contributed by atoms with van der Waals surface area (Å²) in [4.78, 5) is 23.9. The van der Waals surface area contributed by atoms with E-state index in [1.54, 1.807) is 12.1 Å². The summed E-state index contributed by atoms with van der Waals surface area (Å²) in [6.07, 6.45) is 2.63. The van der Waals surface area contributed by atoms with E-state index >= 15 is 0 Å². The highest BCUT2D eigenvalue weighted by molar-refractivity contribution is 7.46. The van der Waals surface area contributed by atoms with Crippen molar-refractivity contribution in [2.45, 2.75) is 33.2 Å². The summed E-state index contributed by atoms with van der Waals surface area (Å²) in [7, 11) is -4.60. The molecule has 0 amide bonds. The van der Waals surface area contributed by atoms with Crippen molar-refractivity contribution in [2.24, 2.45) is 0 Å².